The van der Waals surface area contributed by atoms with Crippen LogP contribution < -0.4 is 10.5 Å². The van der Waals surface area contributed by atoms with E-state index >= 15 is 0 Å². The van der Waals surface area contributed by atoms with Gasteiger partial charge in [0.15, 0.2) is 0 Å². The number of nitrogens with two attached hydrogens (primary N) is 1. The number of ether oxygens (including phenoxy) is 2. The summed E-state index contributed by atoms with van der Waals surface area (Å²) in [4.78, 5) is 0. The Morgan fingerprint density at radius 2 is 2.21 bits per heavy atom. The zero-order valence-electron chi connectivity index (χ0n) is 11.0. The quantitative estimate of drug-likeness (QED) is 0.895. The fourth-order valence-corrected chi connectivity index (χ4v) is 2.86. The minimum atomic E-state index is -0.163. The minimum absolute atomic E-state index is 0.163. The zero-order valence-corrected chi connectivity index (χ0v) is 12.5. The molecule has 5 heteroatoms. The first-order chi connectivity index (χ1) is 9.11. The molecule has 19 heavy (non-hydrogen) atoms. The number of rotatable bonds is 5. The molecule has 2 atom stereocenters. The van der Waals surface area contributed by atoms with E-state index in [-0.39, 0.29) is 12.1 Å². The van der Waals surface area contributed by atoms with Gasteiger partial charge in [0.05, 0.1) is 17.7 Å². The molecule has 2 N–H and O–H groups in total. The third kappa shape index (κ3) is 3.76. The molecule has 2 unspecified atom stereocenters. The molecule has 1 aliphatic heterocycles. The van der Waals surface area contributed by atoms with Crippen LogP contribution in [0.15, 0.2) is 12.1 Å². The largest absolute Gasteiger partial charge is 0.492 e. The van der Waals surface area contributed by atoms with Gasteiger partial charge < -0.3 is 15.2 Å². The summed E-state index contributed by atoms with van der Waals surface area (Å²) < 4.78 is 11.0. The second kappa shape index (κ2) is 6.80. The molecule has 2 rings (SSSR count). The predicted molar refractivity (Wildman–Crippen MR) is 78.2 cm³/mol. The van der Waals surface area contributed by atoms with Crippen molar-refractivity contribution >= 4 is 23.2 Å². The highest BCUT2D eigenvalue weighted by Gasteiger charge is 2.22. The summed E-state index contributed by atoms with van der Waals surface area (Å²) in [6.07, 6.45) is 3.17. The third-order valence-electron chi connectivity index (χ3n) is 3.29. The van der Waals surface area contributed by atoms with Crippen LogP contribution in [0.1, 0.15) is 37.8 Å². The van der Waals surface area contributed by atoms with Gasteiger partial charge in [0.25, 0.3) is 0 Å². The lowest BCUT2D eigenvalue weighted by Crippen LogP contribution is -2.18. The van der Waals surface area contributed by atoms with Gasteiger partial charge in [-0.05, 0) is 37.8 Å². The minimum Gasteiger partial charge on any atom is -0.492 e. The molecule has 106 valence electrons. The van der Waals surface area contributed by atoms with E-state index in [2.05, 4.69) is 0 Å². The van der Waals surface area contributed by atoms with Gasteiger partial charge in [0.2, 0.25) is 0 Å². The molecule has 0 saturated carbocycles. The van der Waals surface area contributed by atoms with Gasteiger partial charge in [0.1, 0.15) is 5.75 Å². The summed E-state index contributed by atoms with van der Waals surface area (Å²) >= 11 is 12.4. The molecule has 0 aromatic heterocycles. The van der Waals surface area contributed by atoms with E-state index in [9.17, 15) is 0 Å². The lowest BCUT2D eigenvalue weighted by atomic mass is 10.00. The Morgan fingerprint density at radius 3 is 2.84 bits per heavy atom. The fourth-order valence-electron chi connectivity index (χ4n) is 2.33. The highest BCUT2D eigenvalue weighted by Crippen LogP contribution is 2.35. The maximum atomic E-state index is 6.26. The molecule has 3 nitrogen and oxygen atoms in total. The summed E-state index contributed by atoms with van der Waals surface area (Å²) in [5.41, 5.74) is 7.06. The molecule has 0 aliphatic carbocycles. The van der Waals surface area contributed by atoms with Gasteiger partial charge >= 0.3 is 0 Å². The number of halogens is 2. The van der Waals surface area contributed by atoms with E-state index < -0.39 is 0 Å². The molecule has 1 aromatic carbocycles. The van der Waals surface area contributed by atoms with E-state index in [4.69, 9.17) is 38.4 Å². The monoisotopic (exact) mass is 303 g/mol. The highest BCUT2D eigenvalue weighted by atomic mass is 35.5. The molecule has 1 aliphatic rings. The van der Waals surface area contributed by atoms with Crippen molar-refractivity contribution in [2.24, 2.45) is 5.73 Å². The number of benzene rings is 1. The van der Waals surface area contributed by atoms with E-state index in [1.807, 2.05) is 6.92 Å². The van der Waals surface area contributed by atoms with Crippen LogP contribution in [-0.4, -0.2) is 19.3 Å². The van der Waals surface area contributed by atoms with E-state index in [1.54, 1.807) is 12.1 Å². The SMILES string of the molecule is CCOc1cc(Cl)c(C(N)CC2CCCO2)cc1Cl. The van der Waals surface area contributed by atoms with Crippen LogP contribution in [0.2, 0.25) is 10.0 Å². The summed E-state index contributed by atoms with van der Waals surface area (Å²) in [5.74, 6) is 0.599. The van der Waals surface area contributed by atoms with Crippen LogP contribution in [0.25, 0.3) is 0 Å². The molecule has 0 bridgehead atoms. The van der Waals surface area contributed by atoms with Crippen molar-refractivity contribution in [3.8, 4) is 5.75 Å². The molecular formula is C14H19Cl2NO2. The molecule has 1 aromatic rings. The Kier molecular flexibility index (Phi) is 5.34. The summed E-state index contributed by atoms with van der Waals surface area (Å²) in [5, 5.41) is 1.14. The fraction of sp³-hybridized carbons (Fsp3) is 0.571. The first-order valence-electron chi connectivity index (χ1n) is 6.60. The third-order valence-corrected chi connectivity index (χ3v) is 3.91. The van der Waals surface area contributed by atoms with Gasteiger partial charge in [0, 0.05) is 23.7 Å². The van der Waals surface area contributed by atoms with Crippen LogP contribution >= 0.6 is 23.2 Å². The topological polar surface area (TPSA) is 44.5 Å². The summed E-state index contributed by atoms with van der Waals surface area (Å²) in [6.45, 7) is 3.29. The Labute approximate surface area is 124 Å². The predicted octanol–water partition coefficient (Wildman–Crippen LogP) is 3.96. The molecule has 1 heterocycles. The van der Waals surface area contributed by atoms with Crippen LogP contribution in [0.3, 0.4) is 0 Å². The molecule has 0 radical (unpaired) electrons. The first-order valence-corrected chi connectivity index (χ1v) is 7.36. The average Bonchev–Trinajstić information content (AvgIpc) is 2.86. The van der Waals surface area contributed by atoms with Crippen molar-refractivity contribution in [2.75, 3.05) is 13.2 Å². The Morgan fingerprint density at radius 1 is 1.42 bits per heavy atom. The molecular weight excluding hydrogens is 285 g/mol. The maximum absolute atomic E-state index is 6.26. The van der Waals surface area contributed by atoms with Crippen molar-refractivity contribution in [3.63, 3.8) is 0 Å². The lowest BCUT2D eigenvalue weighted by Gasteiger charge is -2.19. The summed E-state index contributed by atoms with van der Waals surface area (Å²) in [6, 6.07) is 3.37. The van der Waals surface area contributed by atoms with Crippen LogP contribution in [-0.2, 0) is 4.74 Å². The summed E-state index contributed by atoms with van der Waals surface area (Å²) in [7, 11) is 0. The maximum Gasteiger partial charge on any atom is 0.139 e. The number of hydrogen-bond donors (Lipinski definition) is 1. The van der Waals surface area contributed by atoms with Gasteiger partial charge in [-0.15, -0.1) is 0 Å². The Bertz CT molecular complexity index is 434. The van der Waals surface area contributed by atoms with Crippen molar-refractivity contribution < 1.29 is 9.47 Å². The highest BCUT2D eigenvalue weighted by molar-refractivity contribution is 6.34. The van der Waals surface area contributed by atoms with Crippen molar-refractivity contribution in [2.45, 2.75) is 38.3 Å². The van der Waals surface area contributed by atoms with Crippen molar-refractivity contribution in [3.05, 3.63) is 27.7 Å². The lowest BCUT2D eigenvalue weighted by molar-refractivity contribution is 0.0983. The van der Waals surface area contributed by atoms with E-state index in [0.717, 1.165) is 31.4 Å². The Hall–Kier alpha value is -0.480. The molecule has 0 spiro atoms. The van der Waals surface area contributed by atoms with Gasteiger partial charge in [-0.2, -0.15) is 0 Å². The van der Waals surface area contributed by atoms with Crippen molar-refractivity contribution in [1.82, 2.24) is 0 Å². The molecule has 1 saturated heterocycles. The van der Waals surface area contributed by atoms with Gasteiger partial charge in [-0.25, -0.2) is 0 Å². The second-order valence-electron chi connectivity index (χ2n) is 4.71. The van der Waals surface area contributed by atoms with Crippen LogP contribution in [0.5, 0.6) is 5.75 Å². The smallest absolute Gasteiger partial charge is 0.139 e. The zero-order chi connectivity index (χ0) is 13.8. The van der Waals surface area contributed by atoms with Crippen LogP contribution in [0.4, 0.5) is 0 Å². The van der Waals surface area contributed by atoms with E-state index in [1.165, 1.54) is 0 Å². The second-order valence-corrected chi connectivity index (χ2v) is 5.53. The molecule has 1 fully saturated rings. The van der Waals surface area contributed by atoms with Crippen molar-refractivity contribution in [1.29, 1.82) is 0 Å². The number of hydrogen-bond acceptors (Lipinski definition) is 3. The normalized spacial score (nSPS) is 20.5. The van der Waals surface area contributed by atoms with Gasteiger partial charge in [-0.1, -0.05) is 23.2 Å². The average molecular weight is 304 g/mol. The van der Waals surface area contributed by atoms with E-state index in [0.29, 0.717) is 22.4 Å². The van der Waals surface area contributed by atoms with Gasteiger partial charge in [-0.3, -0.25) is 0 Å². The Balaban J connectivity index is 2.12. The molecule has 0 amide bonds. The standard InChI is InChI=1S/C14H19Cl2NO2/c1-2-18-14-8-11(15)10(7-12(14)16)13(17)6-9-4-3-5-19-9/h7-9,13H,2-6,17H2,1H3. The van der Waals surface area contributed by atoms with Crippen LogP contribution in [0, 0.1) is 0 Å². The first kappa shape index (κ1) is 14.9.